The molecule has 1 saturated heterocycles. The molecule has 1 heterocycles. The Morgan fingerprint density at radius 1 is 1.07 bits per heavy atom. The monoisotopic (exact) mass is 438 g/mol. The number of hydrogen-bond acceptors (Lipinski definition) is 3. The lowest BCUT2D eigenvalue weighted by molar-refractivity contribution is -0.131. The second kappa shape index (κ2) is 7.70. The van der Waals surface area contributed by atoms with Crippen molar-refractivity contribution < 1.29 is 26.4 Å². The van der Waals surface area contributed by atoms with E-state index in [-0.39, 0.29) is 35.2 Å². The maximum atomic E-state index is 14.7. The first-order valence-corrected chi connectivity index (χ1v) is 11.5. The van der Waals surface area contributed by atoms with E-state index in [2.05, 4.69) is 4.72 Å². The SMILES string of the molecule is CS(=O)(=O)N[C@H]1CCN(C(=O)[C@@H]2C[C@H]2c2c(F)cccc2-c2c(F)cccc2F)C1. The van der Waals surface area contributed by atoms with Crippen LogP contribution >= 0.6 is 0 Å². The van der Waals surface area contributed by atoms with Crippen LogP contribution in [0.25, 0.3) is 11.1 Å². The molecule has 2 fully saturated rings. The minimum atomic E-state index is -3.37. The average Bonchev–Trinajstić information content (AvgIpc) is 3.30. The van der Waals surface area contributed by atoms with Crippen LogP contribution < -0.4 is 4.72 Å². The number of halogens is 3. The topological polar surface area (TPSA) is 66.5 Å². The summed E-state index contributed by atoms with van der Waals surface area (Å²) >= 11 is 0. The molecule has 0 unspecified atom stereocenters. The molecule has 0 aromatic heterocycles. The molecule has 1 aliphatic carbocycles. The van der Waals surface area contributed by atoms with Gasteiger partial charge in [-0.05, 0) is 48.1 Å². The van der Waals surface area contributed by atoms with Crippen molar-refractivity contribution in [3.63, 3.8) is 0 Å². The Labute approximate surface area is 172 Å². The summed E-state index contributed by atoms with van der Waals surface area (Å²) in [6.07, 6.45) is 1.95. The van der Waals surface area contributed by atoms with Gasteiger partial charge in [-0.3, -0.25) is 4.79 Å². The van der Waals surface area contributed by atoms with Crippen molar-refractivity contribution in [3.8, 4) is 11.1 Å². The van der Waals surface area contributed by atoms with Gasteiger partial charge in [-0.15, -0.1) is 0 Å². The molecule has 9 heteroatoms. The number of carbonyl (C=O) groups is 1. The number of hydrogen-bond donors (Lipinski definition) is 1. The summed E-state index contributed by atoms with van der Waals surface area (Å²) < 4.78 is 68.6. The van der Waals surface area contributed by atoms with E-state index < -0.39 is 39.3 Å². The van der Waals surface area contributed by atoms with Crippen LogP contribution in [0.1, 0.15) is 24.3 Å². The van der Waals surface area contributed by atoms with Crippen LogP contribution in [-0.2, 0) is 14.8 Å². The van der Waals surface area contributed by atoms with Crippen molar-refractivity contribution in [1.29, 1.82) is 0 Å². The van der Waals surface area contributed by atoms with Gasteiger partial charge in [-0.2, -0.15) is 0 Å². The van der Waals surface area contributed by atoms with Gasteiger partial charge in [0.2, 0.25) is 15.9 Å². The molecular formula is C21H21F3N2O3S. The number of carbonyl (C=O) groups excluding carboxylic acids is 1. The second-order valence-electron chi connectivity index (χ2n) is 7.91. The Morgan fingerprint density at radius 2 is 1.70 bits per heavy atom. The van der Waals surface area contributed by atoms with Gasteiger partial charge in [0.1, 0.15) is 17.5 Å². The fourth-order valence-corrected chi connectivity index (χ4v) is 5.07. The van der Waals surface area contributed by atoms with E-state index in [0.717, 1.165) is 18.4 Å². The highest BCUT2D eigenvalue weighted by Crippen LogP contribution is 2.52. The Morgan fingerprint density at radius 3 is 2.37 bits per heavy atom. The average molecular weight is 438 g/mol. The van der Waals surface area contributed by atoms with E-state index in [0.29, 0.717) is 19.4 Å². The maximum absolute atomic E-state index is 14.7. The Kier molecular flexibility index (Phi) is 5.36. The smallest absolute Gasteiger partial charge is 0.226 e. The zero-order chi connectivity index (χ0) is 21.6. The summed E-state index contributed by atoms with van der Waals surface area (Å²) in [6, 6.07) is 7.19. The normalized spacial score (nSPS) is 23.6. The summed E-state index contributed by atoms with van der Waals surface area (Å²) in [5, 5.41) is 0. The molecule has 0 radical (unpaired) electrons. The first kappa shape index (κ1) is 20.9. The molecule has 3 atom stereocenters. The standard InChI is InChI=1S/C21H21F3N2O3S/c1-30(28,29)25-12-8-9-26(11-12)21(27)15-10-14(15)19-13(4-2-5-16(19)22)20-17(23)6-3-7-18(20)24/h2-7,12,14-15,25H,8-11H2,1H3/t12-,14+,15+/m0/s1. The highest BCUT2D eigenvalue weighted by Gasteiger charge is 2.49. The molecule has 1 aliphatic heterocycles. The van der Waals surface area contributed by atoms with Crippen molar-refractivity contribution in [3.05, 3.63) is 59.4 Å². The van der Waals surface area contributed by atoms with Crippen molar-refractivity contribution in [2.24, 2.45) is 5.92 Å². The van der Waals surface area contributed by atoms with Crippen LogP contribution in [0.3, 0.4) is 0 Å². The number of likely N-dealkylation sites (tertiary alicyclic amines) is 1. The van der Waals surface area contributed by atoms with E-state index in [1.54, 1.807) is 4.90 Å². The Balaban J connectivity index is 1.56. The molecule has 2 aliphatic rings. The number of amides is 1. The summed E-state index contributed by atoms with van der Waals surface area (Å²) in [4.78, 5) is 14.4. The largest absolute Gasteiger partial charge is 0.341 e. The molecule has 30 heavy (non-hydrogen) atoms. The molecule has 0 spiro atoms. The number of nitrogens with zero attached hydrogens (tertiary/aromatic N) is 1. The molecule has 0 bridgehead atoms. The van der Waals surface area contributed by atoms with E-state index in [4.69, 9.17) is 0 Å². The van der Waals surface area contributed by atoms with E-state index >= 15 is 0 Å². The van der Waals surface area contributed by atoms with Crippen LogP contribution in [0.15, 0.2) is 36.4 Å². The highest BCUT2D eigenvalue weighted by atomic mass is 32.2. The van der Waals surface area contributed by atoms with E-state index in [9.17, 15) is 26.4 Å². The first-order chi connectivity index (χ1) is 14.2. The van der Waals surface area contributed by atoms with Gasteiger partial charge in [0.25, 0.3) is 0 Å². The quantitative estimate of drug-likeness (QED) is 0.781. The zero-order valence-corrected chi connectivity index (χ0v) is 17.1. The van der Waals surface area contributed by atoms with E-state index in [1.807, 2.05) is 0 Å². The molecule has 1 amide bonds. The summed E-state index contributed by atoms with van der Waals surface area (Å²) in [6.45, 7) is 0.655. The molecule has 2 aromatic carbocycles. The van der Waals surface area contributed by atoms with Crippen molar-refractivity contribution in [2.45, 2.75) is 24.8 Å². The van der Waals surface area contributed by atoms with Gasteiger partial charge in [0.05, 0.1) is 11.8 Å². The Bertz CT molecular complexity index is 1090. The summed E-state index contributed by atoms with van der Waals surface area (Å²) in [5.41, 5.74) is -0.0440. The molecule has 160 valence electrons. The van der Waals surface area contributed by atoms with Gasteiger partial charge in [-0.25, -0.2) is 26.3 Å². The molecule has 4 rings (SSSR count). The van der Waals surface area contributed by atoms with Crippen LogP contribution in [0.4, 0.5) is 13.2 Å². The van der Waals surface area contributed by atoms with Gasteiger partial charge in [-0.1, -0.05) is 18.2 Å². The van der Waals surface area contributed by atoms with Crippen LogP contribution in [0.2, 0.25) is 0 Å². The summed E-state index contributed by atoms with van der Waals surface area (Å²) in [5.74, 6) is -3.35. The van der Waals surface area contributed by atoms with Crippen molar-refractivity contribution in [1.82, 2.24) is 9.62 Å². The minimum absolute atomic E-state index is 0.115. The lowest BCUT2D eigenvalue weighted by Crippen LogP contribution is -2.38. The highest BCUT2D eigenvalue weighted by molar-refractivity contribution is 7.88. The lowest BCUT2D eigenvalue weighted by Gasteiger charge is -2.18. The number of benzene rings is 2. The fourth-order valence-electron chi connectivity index (χ4n) is 4.27. The van der Waals surface area contributed by atoms with E-state index in [1.165, 1.54) is 24.3 Å². The van der Waals surface area contributed by atoms with Crippen LogP contribution in [-0.4, -0.2) is 44.6 Å². The lowest BCUT2D eigenvalue weighted by atomic mass is 9.94. The molecular weight excluding hydrogens is 417 g/mol. The molecule has 1 saturated carbocycles. The zero-order valence-electron chi connectivity index (χ0n) is 16.2. The van der Waals surface area contributed by atoms with Gasteiger partial charge < -0.3 is 4.90 Å². The minimum Gasteiger partial charge on any atom is -0.341 e. The number of rotatable bonds is 5. The van der Waals surface area contributed by atoms with Crippen LogP contribution in [0, 0.1) is 23.4 Å². The van der Waals surface area contributed by atoms with Gasteiger partial charge in [0, 0.05) is 25.0 Å². The number of nitrogens with one attached hydrogen (secondary N) is 1. The van der Waals surface area contributed by atoms with Gasteiger partial charge >= 0.3 is 0 Å². The third kappa shape index (κ3) is 4.09. The van der Waals surface area contributed by atoms with Crippen LogP contribution in [0.5, 0.6) is 0 Å². The Hall–Kier alpha value is -2.39. The third-order valence-electron chi connectivity index (χ3n) is 5.64. The van der Waals surface area contributed by atoms with Crippen molar-refractivity contribution in [2.75, 3.05) is 19.3 Å². The predicted octanol–water partition coefficient (Wildman–Crippen LogP) is 3.02. The van der Waals surface area contributed by atoms with Gasteiger partial charge in [0.15, 0.2) is 0 Å². The second-order valence-corrected chi connectivity index (χ2v) is 9.69. The number of sulfonamides is 1. The molecule has 1 N–H and O–H groups in total. The molecule has 5 nitrogen and oxygen atoms in total. The molecule has 2 aromatic rings. The first-order valence-electron chi connectivity index (χ1n) is 9.64. The predicted molar refractivity (Wildman–Crippen MR) is 106 cm³/mol. The summed E-state index contributed by atoms with van der Waals surface area (Å²) in [7, 11) is -3.37. The third-order valence-corrected chi connectivity index (χ3v) is 6.41. The maximum Gasteiger partial charge on any atom is 0.226 e. The fraction of sp³-hybridized carbons (Fsp3) is 0.381. The van der Waals surface area contributed by atoms with Crippen molar-refractivity contribution >= 4 is 15.9 Å².